The molecule has 0 saturated carbocycles. The zero-order chi connectivity index (χ0) is 15.7. The summed E-state index contributed by atoms with van der Waals surface area (Å²) >= 11 is 1.75. The smallest absolute Gasteiger partial charge is 0.279 e. The second-order valence-corrected chi connectivity index (χ2v) is 8.63. The molecular formula is C14H31N3O2S2. The van der Waals surface area contributed by atoms with E-state index in [2.05, 4.69) is 23.9 Å². The second kappa shape index (κ2) is 10.0. The number of rotatable bonds is 10. The molecule has 0 aromatic rings. The van der Waals surface area contributed by atoms with E-state index in [1.807, 2.05) is 6.26 Å². The monoisotopic (exact) mass is 337 g/mol. The lowest BCUT2D eigenvalue weighted by molar-refractivity contribution is 0.265. The van der Waals surface area contributed by atoms with Gasteiger partial charge in [0.2, 0.25) is 0 Å². The van der Waals surface area contributed by atoms with E-state index in [1.54, 1.807) is 16.1 Å². The van der Waals surface area contributed by atoms with Gasteiger partial charge in [-0.15, -0.1) is 0 Å². The second-order valence-electron chi connectivity index (χ2n) is 5.96. The third-order valence-electron chi connectivity index (χ3n) is 3.84. The molecule has 7 heteroatoms. The number of hydrogen-bond donors (Lipinski definition) is 2. The van der Waals surface area contributed by atoms with Crippen LogP contribution in [0, 0.1) is 11.8 Å². The highest BCUT2D eigenvalue weighted by Gasteiger charge is 2.27. The van der Waals surface area contributed by atoms with Crippen LogP contribution in [-0.2, 0) is 10.2 Å². The Morgan fingerprint density at radius 3 is 2.57 bits per heavy atom. The molecule has 1 atom stereocenters. The van der Waals surface area contributed by atoms with Crippen LogP contribution in [0.3, 0.4) is 0 Å². The van der Waals surface area contributed by atoms with Crippen LogP contribution >= 0.6 is 11.8 Å². The summed E-state index contributed by atoms with van der Waals surface area (Å²) in [6.45, 7) is 8.11. The van der Waals surface area contributed by atoms with Gasteiger partial charge in [-0.05, 0) is 56.2 Å². The molecule has 1 unspecified atom stereocenters. The predicted octanol–water partition coefficient (Wildman–Crippen LogP) is 1.53. The Hall–Kier alpha value is 0.180. The number of piperidine rings is 1. The zero-order valence-corrected chi connectivity index (χ0v) is 15.2. The van der Waals surface area contributed by atoms with Crippen molar-refractivity contribution >= 4 is 22.0 Å². The summed E-state index contributed by atoms with van der Waals surface area (Å²) in [5.74, 6) is 1.96. The zero-order valence-electron chi connectivity index (χ0n) is 13.6. The van der Waals surface area contributed by atoms with Crippen LogP contribution in [0.15, 0.2) is 0 Å². The molecule has 21 heavy (non-hydrogen) atoms. The van der Waals surface area contributed by atoms with Crippen LogP contribution in [0.25, 0.3) is 0 Å². The van der Waals surface area contributed by atoms with Gasteiger partial charge in [-0.2, -0.15) is 24.5 Å². The molecule has 5 nitrogen and oxygen atoms in total. The van der Waals surface area contributed by atoms with Gasteiger partial charge in [0.25, 0.3) is 10.2 Å². The van der Waals surface area contributed by atoms with Crippen molar-refractivity contribution in [3.8, 4) is 0 Å². The molecule has 0 aromatic carbocycles. The van der Waals surface area contributed by atoms with Gasteiger partial charge in [0.05, 0.1) is 0 Å². The Bertz CT molecular complexity index is 368. The predicted molar refractivity (Wildman–Crippen MR) is 91.9 cm³/mol. The summed E-state index contributed by atoms with van der Waals surface area (Å²) in [7, 11) is -3.29. The number of hydrogen-bond acceptors (Lipinski definition) is 4. The highest BCUT2D eigenvalue weighted by atomic mass is 32.2. The van der Waals surface area contributed by atoms with E-state index in [1.165, 1.54) is 0 Å². The number of nitrogens with one attached hydrogen (secondary N) is 2. The Kier molecular flexibility index (Phi) is 9.20. The van der Waals surface area contributed by atoms with Crippen LogP contribution < -0.4 is 10.0 Å². The van der Waals surface area contributed by atoms with Crippen molar-refractivity contribution < 1.29 is 8.42 Å². The Morgan fingerprint density at radius 2 is 2.00 bits per heavy atom. The summed E-state index contributed by atoms with van der Waals surface area (Å²) < 4.78 is 28.9. The minimum atomic E-state index is -3.29. The lowest BCUT2D eigenvalue weighted by Gasteiger charge is -2.31. The van der Waals surface area contributed by atoms with Gasteiger partial charge in [-0.1, -0.05) is 13.8 Å². The maximum Gasteiger partial charge on any atom is 0.279 e. The average molecular weight is 338 g/mol. The molecule has 1 fully saturated rings. The van der Waals surface area contributed by atoms with E-state index < -0.39 is 10.2 Å². The van der Waals surface area contributed by atoms with Crippen molar-refractivity contribution in [2.24, 2.45) is 11.8 Å². The van der Waals surface area contributed by atoms with Crippen molar-refractivity contribution in [2.75, 3.05) is 44.7 Å². The highest BCUT2D eigenvalue weighted by molar-refractivity contribution is 7.98. The minimum absolute atomic E-state index is 0.366. The maximum atomic E-state index is 12.3. The topological polar surface area (TPSA) is 61.4 Å². The van der Waals surface area contributed by atoms with E-state index in [0.717, 1.165) is 38.1 Å². The molecule has 0 aliphatic carbocycles. The molecular weight excluding hydrogens is 306 g/mol. The van der Waals surface area contributed by atoms with Crippen LogP contribution in [0.4, 0.5) is 0 Å². The molecule has 2 N–H and O–H groups in total. The van der Waals surface area contributed by atoms with E-state index in [4.69, 9.17) is 0 Å². The fourth-order valence-corrected chi connectivity index (χ4v) is 4.58. The Balaban J connectivity index is 2.31. The molecule has 1 aliphatic heterocycles. The third kappa shape index (κ3) is 7.32. The molecule has 0 aromatic heterocycles. The van der Waals surface area contributed by atoms with Crippen LogP contribution in [0.5, 0.6) is 0 Å². The first-order valence-corrected chi connectivity index (χ1v) is 10.8. The van der Waals surface area contributed by atoms with E-state index >= 15 is 0 Å². The fourth-order valence-electron chi connectivity index (χ4n) is 2.52. The molecule has 0 bridgehead atoms. The maximum absolute atomic E-state index is 12.3. The first-order valence-electron chi connectivity index (χ1n) is 7.94. The molecule has 1 rings (SSSR count). The lowest BCUT2D eigenvalue weighted by Crippen LogP contribution is -2.47. The van der Waals surface area contributed by atoms with Gasteiger partial charge in [0, 0.05) is 19.6 Å². The molecule has 0 radical (unpaired) electrons. The van der Waals surface area contributed by atoms with Crippen molar-refractivity contribution in [1.82, 2.24) is 14.3 Å². The summed E-state index contributed by atoms with van der Waals surface area (Å²) in [4.78, 5) is 0. The average Bonchev–Trinajstić information content (AvgIpc) is 2.46. The highest BCUT2D eigenvalue weighted by Crippen LogP contribution is 2.18. The molecule has 1 aliphatic rings. The number of thioether (sulfide) groups is 1. The van der Waals surface area contributed by atoms with Crippen LogP contribution in [-0.4, -0.2) is 57.5 Å². The molecule has 126 valence electrons. The van der Waals surface area contributed by atoms with Crippen LogP contribution in [0.2, 0.25) is 0 Å². The summed E-state index contributed by atoms with van der Waals surface area (Å²) in [5, 5.41) is 3.43. The molecule has 0 spiro atoms. The largest absolute Gasteiger partial charge is 0.316 e. The van der Waals surface area contributed by atoms with E-state index in [-0.39, 0.29) is 0 Å². The SMILES string of the molecule is CCCNCC1CCN(S(=O)(=O)NCC(C)CSC)CC1. The molecule has 1 heterocycles. The van der Waals surface area contributed by atoms with E-state index in [0.29, 0.717) is 31.5 Å². The van der Waals surface area contributed by atoms with Gasteiger partial charge in [-0.3, -0.25) is 0 Å². The Labute approximate surface area is 134 Å². The quantitative estimate of drug-likeness (QED) is 0.594. The van der Waals surface area contributed by atoms with Crippen molar-refractivity contribution in [3.63, 3.8) is 0 Å². The normalized spacial score (nSPS) is 19.8. The first-order chi connectivity index (χ1) is 9.99. The number of nitrogens with zero attached hydrogens (tertiary/aromatic N) is 1. The Morgan fingerprint density at radius 1 is 1.33 bits per heavy atom. The first kappa shape index (κ1) is 19.2. The van der Waals surface area contributed by atoms with Crippen LogP contribution in [0.1, 0.15) is 33.1 Å². The summed E-state index contributed by atoms with van der Waals surface area (Å²) in [5.41, 5.74) is 0. The minimum Gasteiger partial charge on any atom is -0.316 e. The standard InChI is InChI=1S/C14H31N3O2S2/c1-4-7-15-11-14-5-8-17(9-6-14)21(18,19)16-10-13(2)12-20-3/h13-16H,4-12H2,1-3H3. The van der Waals surface area contributed by atoms with Gasteiger partial charge in [0.1, 0.15) is 0 Å². The summed E-state index contributed by atoms with van der Waals surface area (Å²) in [6, 6.07) is 0. The van der Waals surface area contributed by atoms with Gasteiger partial charge >= 0.3 is 0 Å². The van der Waals surface area contributed by atoms with Gasteiger partial charge in [0.15, 0.2) is 0 Å². The van der Waals surface area contributed by atoms with Crippen molar-refractivity contribution in [1.29, 1.82) is 0 Å². The van der Waals surface area contributed by atoms with Crippen molar-refractivity contribution in [2.45, 2.75) is 33.1 Å². The van der Waals surface area contributed by atoms with Gasteiger partial charge in [-0.25, -0.2) is 4.72 Å². The summed E-state index contributed by atoms with van der Waals surface area (Å²) in [6.07, 6.45) is 5.10. The van der Waals surface area contributed by atoms with E-state index in [9.17, 15) is 8.42 Å². The fraction of sp³-hybridized carbons (Fsp3) is 1.00. The third-order valence-corrected chi connectivity index (χ3v) is 6.32. The molecule has 0 amide bonds. The van der Waals surface area contributed by atoms with Crippen molar-refractivity contribution in [3.05, 3.63) is 0 Å². The van der Waals surface area contributed by atoms with Gasteiger partial charge < -0.3 is 5.32 Å². The lowest BCUT2D eigenvalue weighted by atomic mass is 9.98. The molecule has 1 saturated heterocycles.